The highest BCUT2D eigenvalue weighted by Gasteiger charge is 2.46. The van der Waals surface area contributed by atoms with Crippen molar-refractivity contribution in [3.8, 4) is 0 Å². The van der Waals surface area contributed by atoms with Gasteiger partial charge in [0, 0.05) is 16.5 Å². The van der Waals surface area contributed by atoms with Crippen LogP contribution in [0.2, 0.25) is 5.02 Å². The number of hydrogen-bond acceptors (Lipinski definition) is 3. The Morgan fingerprint density at radius 1 is 1.17 bits per heavy atom. The van der Waals surface area contributed by atoms with Crippen LogP contribution < -0.4 is 0 Å². The predicted octanol–water partition coefficient (Wildman–Crippen LogP) is 4.09. The summed E-state index contributed by atoms with van der Waals surface area (Å²) in [6, 6.07) is 9.18. The van der Waals surface area contributed by atoms with Crippen LogP contribution in [0.3, 0.4) is 0 Å². The van der Waals surface area contributed by atoms with E-state index in [9.17, 15) is 0 Å². The van der Waals surface area contributed by atoms with Gasteiger partial charge in [0.15, 0.2) is 0 Å². The van der Waals surface area contributed by atoms with Gasteiger partial charge >= 0.3 is 10.4 Å². The molecule has 1 atom stereocenters. The van der Waals surface area contributed by atoms with Crippen molar-refractivity contribution in [1.29, 1.82) is 0 Å². The normalized spacial score (nSPS) is 17.9. The number of hydrogen-bond donors (Lipinski definition) is 2. The van der Waals surface area contributed by atoms with E-state index in [4.69, 9.17) is 29.1 Å². The maximum absolute atomic E-state index is 8.74. The lowest BCUT2D eigenvalue weighted by molar-refractivity contribution is 0.0808. The molecule has 7 heteroatoms. The van der Waals surface area contributed by atoms with E-state index in [1.54, 1.807) is 0 Å². The van der Waals surface area contributed by atoms with Gasteiger partial charge in [0.1, 0.15) is 0 Å². The van der Waals surface area contributed by atoms with Crippen LogP contribution in [0.15, 0.2) is 24.3 Å². The second-order valence-electron chi connectivity index (χ2n) is 7.07. The molecule has 1 fully saturated rings. The van der Waals surface area contributed by atoms with Crippen LogP contribution >= 0.6 is 11.6 Å². The third-order valence-corrected chi connectivity index (χ3v) is 4.87. The van der Waals surface area contributed by atoms with Gasteiger partial charge in [-0.2, -0.15) is 8.42 Å². The predicted molar refractivity (Wildman–Crippen MR) is 98.1 cm³/mol. The minimum absolute atomic E-state index is 0.346. The summed E-state index contributed by atoms with van der Waals surface area (Å²) >= 11 is 6.04. The average molecular weight is 378 g/mol. The van der Waals surface area contributed by atoms with E-state index < -0.39 is 10.4 Å². The topological polar surface area (TPSA) is 77.8 Å². The SMILES string of the molecule is CC(C)C[C@@H](N(C)C)C1(c2ccc(Cl)cc2)CCC1.O=S(=O)(O)O. The Labute approximate surface area is 150 Å². The fraction of sp³-hybridized carbons (Fsp3) is 0.647. The van der Waals surface area contributed by atoms with Crippen molar-refractivity contribution < 1.29 is 17.5 Å². The molecular formula is C17H28ClNO4S. The van der Waals surface area contributed by atoms with Crippen LogP contribution in [-0.2, 0) is 15.8 Å². The van der Waals surface area contributed by atoms with Gasteiger partial charge in [-0.05, 0) is 57.0 Å². The molecule has 138 valence electrons. The summed E-state index contributed by atoms with van der Waals surface area (Å²) in [6.07, 6.45) is 5.23. The number of nitrogens with zero attached hydrogens (tertiary/aromatic N) is 1. The first-order chi connectivity index (χ1) is 11.0. The van der Waals surface area contributed by atoms with Crippen molar-refractivity contribution in [2.24, 2.45) is 5.92 Å². The molecule has 0 aliphatic heterocycles. The lowest BCUT2D eigenvalue weighted by atomic mass is 9.58. The van der Waals surface area contributed by atoms with Crippen molar-refractivity contribution >= 4 is 22.0 Å². The van der Waals surface area contributed by atoms with Gasteiger partial charge in [-0.1, -0.05) is 44.0 Å². The molecule has 1 saturated carbocycles. The maximum Gasteiger partial charge on any atom is 0.394 e. The molecule has 0 saturated heterocycles. The highest BCUT2D eigenvalue weighted by molar-refractivity contribution is 7.79. The molecule has 1 aliphatic carbocycles. The van der Waals surface area contributed by atoms with Crippen LogP contribution in [0.5, 0.6) is 0 Å². The summed E-state index contributed by atoms with van der Waals surface area (Å²) in [5, 5.41) is 0.837. The molecular weight excluding hydrogens is 350 g/mol. The zero-order valence-electron chi connectivity index (χ0n) is 14.7. The summed E-state index contributed by atoms with van der Waals surface area (Å²) in [5.74, 6) is 0.733. The zero-order chi connectivity index (χ0) is 18.5. The Hall–Kier alpha value is -0.660. The van der Waals surface area contributed by atoms with Crippen LogP contribution in [0.4, 0.5) is 0 Å². The van der Waals surface area contributed by atoms with E-state index in [-0.39, 0.29) is 0 Å². The van der Waals surface area contributed by atoms with Crippen LogP contribution in [-0.4, -0.2) is 42.6 Å². The van der Waals surface area contributed by atoms with Crippen molar-refractivity contribution in [2.75, 3.05) is 14.1 Å². The Morgan fingerprint density at radius 2 is 1.62 bits per heavy atom. The van der Waals surface area contributed by atoms with Gasteiger partial charge in [-0.25, -0.2) is 0 Å². The maximum atomic E-state index is 8.74. The minimum atomic E-state index is -4.67. The zero-order valence-corrected chi connectivity index (χ0v) is 16.3. The smallest absolute Gasteiger partial charge is 0.306 e. The van der Waals surface area contributed by atoms with Crippen molar-refractivity contribution in [3.63, 3.8) is 0 Å². The molecule has 0 bridgehead atoms. The first-order valence-electron chi connectivity index (χ1n) is 8.08. The molecule has 0 heterocycles. The third-order valence-electron chi connectivity index (χ3n) is 4.62. The molecule has 0 amide bonds. The Balaban J connectivity index is 0.000000505. The standard InChI is InChI=1S/C17H26ClN.H2O4S/c1-13(2)12-16(19(3)4)17(10-5-11-17)14-6-8-15(18)9-7-14;1-5(2,3)4/h6-9,13,16H,5,10-12H2,1-4H3;(H2,1,2,3,4)/t16-;/m1./s1. The van der Waals surface area contributed by atoms with E-state index in [0.29, 0.717) is 11.5 Å². The quantitative estimate of drug-likeness (QED) is 0.756. The fourth-order valence-electron chi connectivity index (χ4n) is 3.53. The molecule has 2 N–H and O–H groups in total. The van der Waals surface area contributed by atoms with Gasteiger partial charge < -0.3 is 4.90 Å². The van der Waals surface area contributed by atoms with Gasteiger partial charge in [0.2, 0.25) is 0 Å². The first kappa shape index (κ1) is 21.4. The van der Waals surface area contributed by atoms with E-state index in [0.717, 1.165) is 10.9 Å². The molecule has 0 aromatic heterocycles. The number of likely N-dealkylation sites (N-methyl/N-ethyl adjacent to an activating group) is 1. The van der Waals surface area contributed by atoms with Gasteiger partial charge in [-0.3, -0.25) is 9.11 Å². The highest BCUT2D eigenvalue weighted by Crippen LogP contribution is 2.49. The molecule has 1 aromatic rings. The molecule has 5 nitrogen and oxygen atoms in total. The fourth-order valence-corrected chi connectivity index (χ4v) is 3.66. The van der Waals surface area contributed by atoms with Crippen molar-refractivity contribution in [1.82, 2.24) is 4.90 Å². The first-order valence-corrected chi connectivity index (χ1v) is 9.85. The van der Waals surface area contributed by atoms with Gasteiger partial charge in [-0.15, -0.1) is 0 Å². The van der Waals surface area contributed by atoms with Crippen molar-refractivity contribution in [3.05, 3.63) is 34.9 Å². The molecule has 24 heavy (non-hydrogen) atoms. The third kappa shape index (κ3) is 6.33. The molecule has 0 spiro atoms. The largest absolute Gasteiger partial charge is 0.394 e. The Kier molecular flexibility index (Phi) is 7.69. The highest BCUT2D eigenvalue weighted by atomic mass is 35.5. The second kappa shape index (κ2) is 8.63. The van der Waals surface area contributed by atoms with Crippen molar-refractivity contribution in [2.45, 2.75) is 51.0 Å². The Morgan fingerprint density at radius 3 is 1.92 bits per heavy atom. The molecule has 1 aliphatic rings. The summed E-state index contributed by atoms with van der Waals surface area (Å²) < 4.78 is 31.6. The summed E-state index contributed by atoms with van der Waals surface area (Å²) in [6.45, 7) is 4.65. The van der Waals surface area contributed by atoms with Gasteiger partial charge in [0.05, 0.1) is 0 Å². The van der Waals surface area contributed by atoms with E-state index in [1.807, 2.05) is 12.1 Å². The minimum Gasteiger partial charge on any atom is -0.306 e. The number of halogens is 1. The second-order valence-corrected chi connectivity index (χ2v) is 8.41. The lowest BCUT2D eigenvalue weighted by Crippen LogP contribution is -2.52. The van der Waals surface area contributed by atoms with Crippen LogP contribution in [0.25, 0.3) is 0 Å². The summed E-state index contributed by atoms with van der Waals surface area (Å²) in [7, 11) is -0.216. The molecule has 0 radical (unpaired) electrons. The van der Waals surface area contributed by atoms with Crippen LogP contribution in [0, 0.1) is 5.92 Å². The van der Waals surface area contributed by atoms with Crippen LogP contribution in [0.1, 0.15) is 45.1 Å². The van der Waals surface area contributed by atoms with E-state index >= 15 is 0 Å². The number of benzene rings is 1. The monoisotopic (exact) mass is 377 g/mol. The molecule has 0 unspecified atom stereocenters. The lowest BCUT2D eigenvalue weighted by Gasteiger charge is -2.51. The summed E-state index contributed by atoms with van der Waals surface area (Å²) in [5.41, 5.74) is 1.82. The van der Waals surface area contributed by atoms with E-state index in [1.165, 1.54) is 31.2 Å². The Bertz CT molecular complexity index is 602. The molecule has 1 aromatic carbocycles. The van der Waals surface area contributed by atoms with Gasteiger partial charge in [0.25, 0.3) is 0 Å². The number of rotatable bonds is 5. The average Bonchev–Trinajstić information content (AvgIpc) is 2.36. The molecule has 2 rings (SSSR count). The summed E-state index contributed by atoms with van der Waals surface area (Å²) in [4.78, 5) is 2.42. The van der Waals surface area contributed by atoms with E-state index in [2.05, 4.69) is 45.0 Å².